The van der Waals surface area contributed by atoms with Crippen molar-refractivity contribution in [2.45, 2.75) is 65.0 Å². The lowest BCUT2D eigenvalue weighted by atomic mass is 10.0. The van der Waals surface area contributed by atoms with Gasteiger partial charge >= 0.3 is 12.1 Å². The van der Waals surface area contributed by atoms with E-state index in [-0.39, 0.29) is 32.1 Å². The molecule has 0 aliphatic rings. The molecule has 4 aromatic rings. The molecule has 0 saturated carbocycles. The highest BCUT2D eigenvalue weighted by atomic mass is 28.3. The number of aryl methyl sites for hydroxylation is 1. The number of alkyl carbamates (subject to hydrolysis) is 1. The summed E-state index contributed by atoms with van der Waals surface area (Å²) in [7, 11) is -1.28. The molecule has 0 spiro atoms. The van der Waals surface area contributed by atoms with Crippen LogP contribution < -0.4 is 10.6 Å². The van der Waals surface area contributed by atoms with Crippen molar-refractivity contribution in [3.63, 3.8) is 0 Å². The minimum Gasteiger partial charge on any atom is -0.459 e. The highest BCUT2D eigenvalue weighted by Gasteiger charge is 2.25. The van der Waals surface area contributed by atoms with Gasteiger partial charge in [0.25, 0.3) is 5.91 Å². The third-order valence-corrected chi connectivity index (χ3v) is 9.12. The number of esters is 1. The van der Waals surface area contributed by atoms with Crippen LogP contribution in [0.3, 0.4) is 0 Å². The quantitative estimate of drug-likeness (QED) is 0.0810. The van der Waals surface area contributed by atoms with Gasteiger partial charge in [0.05, 0.1) is 11.9 Å². The number of ether oxygens (including phenoxy) is 3. The van der Waals surface area contributed by atoms with E-state index in [4.69, 9.17) is 14.2 Å². The largest absolute Gasteiger partial charge is 0.459 e. The molecule has 1 heterocycles. The van der Waals surface area contributed by atoms with Crippen LogP contribution in [0.15, 0.2) is 85.1 Å². The number of nitrogens with zero attached hydrogens (tertiary/aromatic N) is 2. The van der Waals surface area contributed by atoms with Crippen LogP contribution in [0, 0.1) is 5.82 Å². The Balaban J connectivity index is 1.46. The van der Waals surface area contributed by atoms with E-state index in [1.807, 2.05) is 43.3 Å². The van der Waals surface area contributed by atoms with Crippen LogP contribution >= 0.6 is 0 Å². The monoisotopic (exact) mass is 674 g/mol. The minimum atomic E-state index is -1.28. The number of halogens is 1. The topological polar surface area (TPSA) is 121 Å². The Morgan fingerprint density at radius 3 is 2.19 bits per heavy atom. The van der Waals surface area contributed by atoms with Gasteiger partial charge < -0.3 is 24.8 Å². The summed E-state index contributed by atoms with van der Waals surface area (Å²) in [5.41, 5.74) is 3.54. The molecule has 10 nitrogen and oxygen atoms in total. The second-order valence-corrected chi connectivity index (χ2v) is 18.1. The van der Waals surface area contributed by atoms with Crippen molar-refractivity contribution in [1.82, 2.24) is 20.4 Å². The maximum Gasteiger partial charge on any atom is 0.408 e. The van der Waals surface area contributed by atoms with Gasteiger partial charge in [-0.15, -0.1) is 0 Å². The first-order valence-corrected chi connectivity index (χ1v) is 19.6. The zero-order valence-corrected chi connectivity index (χ0v) is 28.8. The van der Waals surface area contributed by atoms with Crippen molar-refractivity contribution in [3.05, 3.63) is 113 Å². The van der Waals surface area contributed by atoms with Crippen molar-refractivity contribution in [2.24, 2.45) is 0 Å². The van der Waals surface area contributed by atoms with E-state index >= 15 is 0 Å². The third-order valence-electron chi connectivity index (χ3n) is 7.42. The number of aromatic nitrogens is 2. The molecule has 0 aliphatic heterocycles. The normalized spacial score (nSPS) is 11.9. The van der Waals surface area contributed by atoms with E-state index in [2.05, 4.69) is 35.4 Å². The number of rotatable bonds is 16. The van der Waals surface area contributed by atoms with E-state index in [0.717, 1.165) is 28.8 Å². The summed E-state index contributed by atoms with van der Waals surface area (Å²) in [6.45, 7) is 9.19. The summed E-state index contributed by atoms with van der Waals surface area (Å²) in [6.07, 6.45) is 1.49. The molecule has 254 valence electrons. The molecule has 48 heavy (non-hydrogen) atoms. The summed E-state index contributed by atoms with van der Waals surface area (Å²) in [4.78, 5) is 39.1. The van der Waals surface area contributed by atoms with Crippen molar-refractivity contribution in [2.75, 3.05) is 13.2 Å². The van der Waals surface area contributed by atoms with E-state index in [1.54, 1.807) is 41.2 Å². The van der Waals surface area contributed by atoms with Crippen LogP contribution in [0.2, 0.25) is 25.7 Å². The number of hydrogen-bond donors (Lipinski definition) is 2. The van der Waals surface area contributed by atoms with Gasteiger partial charge in [0.2, 0.25) is 0 Å². The first-order valence-electron chi connectivity index (χ1n) is 15.9. The molecule has 1 aromatic heterocycles. The van der Waals surface area contributed by atoms with E-state index in [1.165, 1.54) is 6.07 Å². The number of benzene rings is 3. The van der Waals surface area contributed by atoms with Gasteiger partial charge in [-0.25, -0.2) is 18.7 Å². The van der Waals surface area contributed by atoms with Gasteiger partial charge in [0.1, 0.15) is 31.8 Å². The molecule has 0 unspecified atom stereocenters. The van der Waals surface area contributed by atoms with Crippen LogP contribution in [-0.4, -0.2) is 55.0 Å². The Hall–Kier alpha value is -4.81. The molecular weight excluding hydrogens is 632 g/mol. The highest BCUT2D eigenvalue weighted by molar-refractivity contribution is 6.76. The molecule has 1 atom stereocenters. The average Bonchev–Trinajstić information content (AvgIpc) is 3.49. The SMILES string of the molecule is CCc1cnn(COCC[Si](C)(C)C)c1-c1cc(F)cc(C(=O)NC[C@@H](NC(=O)OCc2ccccc2)C(=O)OCc2ccccc2)c1. The van der Waals surface area contributed by atoms with Crippen LogP contribution in [0.1, 0.15) is 34.0 Å². The lowest BCUT2D eigenvalue weighted by Crippen LogP contribution is -2.49. The first-order chi connectivity index (χ1) is 23.0. The Bertz CT molecular complexity index is 1660. The summed E-state index contributed by atoms with van der Waals surface area (Å²) >= 11 is 0. The Morgan fingerprint density at radius 2 is 1.56 bits per heavy atom. The summed E-state index contributed by atoms with van der Waals surface area (Å²) in [6, 6.07) is 21.8. The molecule has 0 saturated heterocycles. The van der Waals surface area contributed by atoms with Crippen LogP contribution in [-0.2, 0) is 45.4 Å². The third kappa shape index (κ3) is 11.2. The van der Waals surface area contributed by atoms with Crippen LogP contribution in [0.25, 0.3) is 11.3 Å². The fourth-order valence-electron chi connectivity index (χ4n) is 4.73. The summed E-state index contributed by atoms with van der Waals surface area (Å²) in [5, 5.41) is 9.58. The summed E-state index contributed by atoms with van der Waals surface area (Å²) in [5.74, 6) is -2.04. The molecule has 0 bridgehead atoms. The smallest absolute Gasteiger partial charge is 0.408 e. The maximum absolute atomic E-state index is 15.0. The number of hydrogen-bond acceptors (Lipinski definition) is 7. The van der Waals surface area contributed by atoms with Gasteiger partial charge in [-0.1, -0.05) is 87.2 Å². The molecule has 12 heteroatoms. The number of amides is 2. The minimum absolute atomic E-state index is 0.0173. The molecule has 0 radical (unpaired) electrons. The second-order valence-electron chi connectivity index (χ2n) is 12.5. The first kappa shape index (κ1) is 36.0. The molecule has 3 aromatic carbocycles. The standard InChI is InChI=1S/C36H43FN4O6Si/c1-5-28-21-39-41(25-45-16-17-48(2,3)4)33(28)29-18-30(20-31(37)19-29)34(42)38-22-32(35(43)46-23-26-12-8-6-9-13-26)40-36(44)47-24-27-14-10-7-11-15-27/h6-15,18-21,32H,5,16-17,22-25H2,1-4H3,(H,38,42)(H,40,44)/t32-/m1/s1. The molecular formula is C36H43FN4O6Si. The van der Waals surface area contributed by atoms with Gasteiger partial charge in [-0.3, -0.25) is 4.79 Å². The number of carbonyl (C=O) groups excluding carboxylic acids is 3. The van der Waals surface area contributed by atoms with E-state index < -0.39 is 37.9 Å². The Labute approximate surface area is 281 Å². The van der Waals surface area contributed by atoms with Gasteiger partial charge in [0.15, 0.2) is 0 Å². The zero-order valence-electron chi connectivity index (χ0n) is 27.8. The number of carbonyl (C=O) groups is 3. The summed E-state index contributed by atoms with van der Waals surface area (Å²) < 4.78 is 33.3. The van der Waals surface area contributed by atoms with Crippen molar-refractivity contribution in [3.8, 4) is 11.3 Å². The lowest BCUT2D eigenvalue weighted by molar-refractivity contribution is -0.147. The van der Waals surface area contributed by atoms with Crippen molar-refractivity contribution < 1.29 is 33.0 Å². The average molecular weight is 675 g/mol. The van der Waals surface area contributed by atoms with Crippen LogP contribution in [0.5, 0.6) is 0 Å². The Morgan fingerprint density at radius 1 is 0.917 bits per heavy atom. The van der Waals surface area contributed by atoms with Gasteiger partial charge in [0, 0.05) is 32.4 Å². The van der Waals surface area contributed by atoms with E-state index in [0.29, 0.717) is 24.3 Å². The van der Waals surface area contributed by atoms with Crippen molar-refractivity contribution >= 4 is 26.0 Å². The van der Waals surface area contributed by atoms with Crippen LogP contribution in [0.4, 0.5) is 9.18 Å². The molecule has 4 rings (SSSR count). The zero-order chi connectivity index (χ0) is 34.5. The highest BCUT2D eigenvalue weighted by Crippen LogP contribution is 2.27. The molecule has 0 fully saturated rings. The molecule has 0 aliphatic carbocycles. The predicted octanol–water partition coefficient (Wildman–Crippen LogP) is 6.33. The predicted molar refractivity (Wildman–Crippen MR) is 183 cm³/mol. The fraction of sp³-hybridized carbons (Fsp3) is 0.333. The van der Waals surface area contributed by atoms with Crippen molar-refractivity contribution in [1.29, 1.82) is 0 Å². The molecule has 2 amide bonds. The van der Waals surface area contributed by atoms with E-state index in [9.17, 15) is 18.8 Å². The number of nitrogens with one attached hydrogen (secondary N) is 2. The Kier molecular flexibility index (Phi) is 13.0. The second kappa shape index (κ2) is 17.4. The fourth-order valence-corrected chi connectivity index (χ4v) is 5.49. The lowest BCUT2D eigenvalue weighted by Gasteiger charge is -2.19. The van der Waals surface area contributed by atoms with Gasteiger partial charge in [-0.05, 0) is 47.4 Å². The maximum atomic E-state index is 15.0. The molecule has 2 N–H and O–H groups in total. The van der Waals surface area contributed by atoms with Gasteiger partial charge in [-0.2, -0.15) is 5.10 Å².